The van der Waals surface area contributed by atoms with Gasteiger partial charge in [-0.3, -0.25) is 4.79 Å². The summed E-state index contributed by atoms with van der Waals surface area (Å²) in [6.45, 7) is 1.92. The van der Waals surface area contributed by atoms with E-state index < -0.39 is 6.10 Å². The summed E-state index contributed by atoms with van der Waals surface area (Å²) in [5, 5.41) is 12.8. The average Bonchev–Trinajstić information content (AvgIpc) is 2.35. The van der Waals surface area contributed by atoms with Crippen molar-refractivity contribution >= 4 is 21.8 Å². The normalized spacial score (nSPS) is 23.7. The van der Waals surface area contributed by atoms with Crippen LogP contribution in [0.4, 0.5) is 0 Å². The number of nitrogens with one attached hydrogen (secondary N) is 1. The molecule has 3 nitrogen and oxygen atoms in total. The topological polar surface area (TPSA) is 49.3 Å². The van der Waals surface area contributed by atoms with Gasteiger partial charge in [-0.1, -0.05) is 34.8 Å². The molecular formula is C14H18BrNO2. The number of hydrogen-bond donors (Lipinski definition) is 2. The molecule has 1 fully saturated rings. The van der Waals surface area contributed by atoms with E-state index in [-0.39, 0.29) is 11.9 Å². The maximum atomic E-state index is 12.2. The molecule has 1 aliphatic carbocycles. The number of carbonyl (C=O) groups excluding carboxylic acids is 1. The Bertz CT molecular complexity index is 447. The first kappa shape index (κ1) is 13.6. The third kappa shape index (κ3) is 3.12. The zero-order chi connectivity index (χ0) is 13.1. The molecule has 0 saturated heterocycles. The van der Waals surface area contributed by atoms with Gasteiger partial charge in [0.05, 0.1) is 12.1 Å². The van der Waals surface area contributed by atoms with Gasteiger partial charge in [0.2, 0.25) is 0 Å². The Kier molecular flexibility index (Phi) is 4.40. The summed E-state index contributed by atoms with van der Waals surface area (Å²) in [7, 11) is 0. The number of benzene rings is 1. The van der Waals surface area contributed by atoms with Gasteiger partial charge in [-0.15, -0.1) is 0 Å². The van der Waals surface area contributed by atoms with Gasteiger partial charge in [0.15, 0.2) is 0 Å². The molecule has 1 amide bonds. The van der Waals surface area contributed by atoms with Crippen molar-refractivity contribution < 1.29 is 9.90 Å². The highest BCUT2D eigenvalue weighted by Crippen LogP contribution is 2.20. The summed E-state index contributed by atoms with van der Waals surface area (Å²) in [4.78, 5) is 12.2. The van der Waals surface area contributed by atoms with Gasteiger partial charge in [0.1, 0.15) is 0 Å². The second-order valence-electron chi connectivity index (χ2n) is 4.89. The number of carbonyl (C=O) groups is 1. The zero-order valence-electron chi connectivity index (χ0n) is 10.4. The van der Waals surface area contributed by atoms with Gasteiger partial charge in [-0.25, -0.2) is 0 Å². The molecule has 2 unspecified atom stereocenters. The highest BCUT2D eigenvalue weighted by atomic mass is 79.9. The molecule has 0 aliphatic heterocycles. The monoisotopic (exact) mass is 311 g/mol. The largest absolute Gasteiger partial charge is 0.391 e. The minimum Gasteiger partial charge on any atom is -0.391 e. The number of aliphatic hydroxyl groups excluding tert-OH is 1. The summed E-state index contributed by atoms with van der Waals surface area (Å²) in [6, 6.07) is 5.54. The van der Waals surface area contributed by atoms with Gasteiger partial charge in [0.25, 0.3) is 5.91 Å². The molecule has 1 aromatic carbocycles. The molecule has 0 heterocycles. The molecular weight excluding hydrogens is 294 g/mol. The predicted molar refractivity (Wildman–Crippen MR) is 74.6 cm³/mol. The number of aryl methyl sites for hydroxylation is 1. The van der Waals surface area contributed by atoms with E-state index in [2.05, 4.69) is 21.2 Å². The molecule has 0 spiro atoms. The Labute approximate surface area is 116 Å². The summed E-state index contributed by atoms with van der Waals surface area (Å²) < 4.78 is 0.891. The Morgan fingerprint density at radius 1 is 1.39 bits per heavy atom. The molecule has 1 saturated carbocycles. The van der Waals surface area contributed by atoms with Crippen LogP contribution in [0.15, 0.2) is 22.7 Å². The quantitative estimate of drug-likeness (QED) is 0.882. The van der Waals surface area contributed by atoms with Crippen LogP contribution in [0, 0.1) is 6.92 Å². The van der Waals surface area contributed by atoms with Crippen molar-refractivity contribution in [1.82, 2.24) is 5.32 Å². The van der Waals surface area contributed by atoms with Crippen LogP contribution in [-0.4, -0.2) is 23.2 Å². The SMILES string of the molecule is Cc1ccc(Br)cc1C(=O)NC1CCCCC1O. The van der Waals surface area contributed by atoms with E-state index in [9.17, 15) is 9.90 Å². The molecule has 4 heteroatoms. The smallest absolute Gasteiger partial charge is 0.251 e. The Balaban J connectivity index is 2.09. The second-order valence-corrected chi connectivity index (χ2v) is 5.81. The van der Waals surface area contributed by atoms with E-state index in [1.807, 2.05) is 25.1 Å². The number of amides is 1. The highest BCUT2D eigenvalue weighted by Gasteiger charge is 2.25. The third-order valence-corrected chi connectivity index (χ3v) is 3.98. The Hall–Kier alpha value is -0.870. The van der Waals surface area contributed by atoms with Crippen LogP contribution in [0.2, 0.25) is 0 Å². The van der Waals surface area contributed by atoms with E-state index in [1.54, 1.807) is 0 Å². The van der Waals surface area contributed by atoms with Gasteiger partial charge in [0, 0.05) is 10.0 Å². The van der Waals surface area contributed by atoms with E-state index in [1.165, 1.54) is 0 Å². The molecule has 1 aliphatic rings. The molecule has 1 aromatic rings. The minimum absolute atomic E-state index is 0.0975. The third-order valence-electron chi connectivity index (χ3n) is 3.49. The zero-order valence-corrected chi connectivity index (χ0v) is 12.0. The lowest BCUT2D eigenvalue weighted by Gasteiger charge is -2.28. The molecule has 2 atom stereocenters. The van der Waals surface area contributed by atoms with Crippen molar-refractivity contribution in [2.24, 2.45) is 0 Å². The van der Waals surface area contributed by atoms with Crippen LogP contribution >= 0.6 is 15.9 Å². The van der Waals surface area contributed by atoms with E-state index in [4.69, 9.17) is 0 Å². The lowest BCUT2D eigenvalue weighted by atomic mass is 9.92. The summed E-state index contributed by atoms with van der Waals surface area (Å²) in [5.74, 6) is -0.0975. The number of rotatable bonds is 2. The van der Waals surface area contributed by atoms with Crippen molar-refractivity contribution in [1.29, 1.82) is 0 Å². The molecule has 0 radical (unpaired) electrons. The molecule has 2 N–H and O–H groups in total. The van der Waals surface area contributed by atoms with Crippen LogP contribution < -0.4 is 5.32 Å². The van der Waals surface area contributed by atoms with Gasteiger partial charge in [-0.2, -0.15) is 0 Å². The van der Waals surface area contributed by atoms with Crippen molar-refractivity contribution in [2.75, 3.05) is 0 Å². The average molecular weight is 312 g/mol. The maximum absolute atomic E-state index is 12.2. The van der Waals surface area contributed by atoms with Gasteiger partial charge < -0.3 is 10.4 Å². The van der Waals surface area contributed by atoms with Gasteiger partial charge in [-0.05, 0) is 37.5 Å². The Morgan fingerprint density at radius 3 is 2.83 bits per heavy atom. The molecule has 0 aromatic heterocycles. The predicted octanol–water partition coefficient (Wildman–Crippen LogP) is 2.79. The van der Waals surface area contributed by atoms with Crippen molar-refractivity contribution in [3.63, 3.8) is 0 Å². The minimum atomic E-state index is -0.407. The maximum Gasteiger partial charge on any atom is 0.251 e. The standard InChI is InChI=1S/C14H18BrNO2/c1-9-6-7-10(15)8-11(9)14(18)16-12-4-2-3-5-13(12)17/h6-8,12-13,17H,2-5H2,1H3,(H,16,18). The van der Waals surface area contributed by atoms with Crippen molar-refractivity contribution in [3.8, 4) is 0 Å². The molecule has 0 bridgehead atoms. The molecule has 98 valence electrons. The van der Waals surface area contributed by atoms with Crippen LogP contribution in [-0.2, 0) is 0 Å². The highest BCUT2D eigenvalue weighted by molar-refractivity contribution is 9.10. The number of hydrogen-bond acceptors (Lipinski definition) is 2. The molecule has 2 rings (SSSR count). The van der Waals surface area contributed by atoms with Crippen LogP contribution in [0.3, 0.4) is 0 Å². The van der Waals surface area contributed by atoms with E-state index in [0.29, 0.717) is 5.56 Å². The summed E-state index contributed by atoms with van der Waals surface area (Å²) in [6.07, 6.45) is 3.35. The summed E-state index contributed by atoms with van der Waals surface area (Å²) in [5.41, 5.74) is 1.61. The first-order valence-corrected chi connectivity index (χ1v) is 7.12. The van der Waals surface area contributed by atoms with E-state index in [0.717, 1.165) is 35.7 Å². The number of aliphatic hydroxyl groups is 1. The first-order valence-electron chi connectivity index (χ1n) is 6.33. The van der Waals surface area contributed by atoms with Crippen molar-refractivity contribution in [2.45, 2.75) is 44.8 Å². The molecule has 18 heavy (non-hydrogen) atoms. The van der Waals surface area contributed by atoms with Crippen molar-refractivity contribution in [3.05, 3.63) is 33.8 Å². The lowest BCUT2D eigenvalue weighted by Crippen LogP contribution is -2.45. The van der Waals surface area contributed by atoms with Gasteiger partial charge >= 0.3 is 0 Å². The summed E-state index contributed by atoms with van der Waals surface area (Å²) >= 11 is 3.37. The fourth-order valence-electron chi connectivity index (χ4n) is 2.36. The first-order chi connectivity index (χ1) is 8.58. The number of halogens is 1. The van der Waals surface area contributed by atoms with Crippen LogP contribution in [0.1, 0.15) is 41.6 Å². The Morgan fingerprint density at radius 2 is 2.11 bits per heavy atom. The fourth-order valence-corrected chi connectivity index (χ4v) is 2.73. The lowest BCUT2D eigenvalue weighted by molar-refractivity contribution is 0.0717. The van der Waals surface area contributed by atoms with Crippen LogP contribution in [0.25, 0.3) is 0 Å². The second kappa shape index (κ2) is 5.85. The van der Waals surface area contributed by atoms with E-state index >= 15 is 0 Å². The fraction of sp³-hybridized carbons (Fsp3) is 0.500. The van der Waals surface area contributed by atoms with Crippen LogP contribution in [0.5, 0.6) is 0 Å².